The molecule has 1 fully saturated rings. The van der Waals surface area contributed by atoms with E-state index in [0.29, 0.717) is 26.4 Å². The summed E-state index contributed by atoms with van der Waals surface area (Å²) in [6, 6.07) is 9.38. The Morgan fingerprint density at radius 2 is 2.00 bits per heavy atom. The number of ether oxygens (including phenoxy) is 2. The maximum Gasteiger partial charge on any atom is 0.270 e. The van der Waals surface area contributed by atoms with Crippen LogP contribution in [0, 0.1) is 5.82 Å². The predicted molar refractivity (Wildman–Crippen MR) is 102 cm³/mol. The van der Waals surface area contributed by atoms with Gasteiger partial charge in [0.25, 0.3) is 5.91 Å². The average Bonchev–Trinajstić information content (AvgIpc) is 3.12. The summed E-state index contributed by atoms with van der Waals surface area (Å²) in [5.74, 6) is 0.561. The van der Waals surface area contributed by atoms with Crippen LogP contribution in [0.3, 0.4) is 0 Å². The number of nitrogens with zero attached hydrogens (tertiary/aromatic N) is 1. The molecule has 0 N–H and O–H groups in total. The molecule has 0 spiro atoms. The number of halogens is 2. The minimum absolute atomic E-state index is 0.174. The van der Waals surface area contributed by atoms with Crippen molar-refractivity contribution in [1.29, 1.82) is 0 Å². The van der Waals surface area contributed by atoms with Gasteiger partial charge in [0, 0.05) is 4.47 Å². The lowest BCUT2D eigenvalue weighted by Gasteiger charge is -2.14. The van der Waals surface area contributed by atoms with Crippen molar-refractivity contribution >= 4 is 61.9 Å². The van der Waals surface area contributed by atoms with E-state index >= 15 is 0 Å². The van der Waals surface area contributed by atoms with E-state index in [1.54, 1.807) is 30.3 Å². The number of carbonyl (C=O) groups is 1. The van der Waals surface area contributed by atoms with Crippen LogP contribution < -0.4 is 14.4 Å². The second-order valence-corrected chi connectivity index (χ2v) is 7.75. The predicted octanol–water partition coefficient (Wildman–Crippen LogP) is 4.72. The summed E-state index contributed by atoms with van der Waals surface area (Å²) in [4.78, 5) is 14.5. The molecule has 126 valence electrons. The second-order valence-electron chi connectivity index (χ2n) is 5.22. The summed E-state index contributed by atoms with van der Waals surface area (Å²) in [7, 11) is 0. The monoisotopic (exact) mass is 437 g/mol. The van der Waals surface area contributed by atoms with Crippen LogP contribution in [0.1, 0.15) is 5.56 Å². The molecule has 2 aliphatic heterocycles. The normalized spacial score (nSPS) is 17.7. The number of carbonyl (C=O) groups excluding carboxylic acids is 1. The van der Waals surface area contributed by atoms with Crippen LogP contribution in [-0.2, 0) is 4.79 Å². The molecule has 1 amide bonds. The Labute approximate surface area is 160 Å². The fraction of sp³-hybridized carbons (Fsp3) is 0.0588. The van der Waals surface area contributed by atoms with Gasteiger partial charge in [-0.15, -0.1) is 0 Å². The number of fused-ring (bicyclic) bond motifs is 1. The lowest BCUT2D eigenvalue weighted by Crippen LogP contribution is -2.27. The molecular weight excluding hydrogens is 429 g/mol. The summed E-state index contributed by atoms with van der Waals surface area (Å²) in [6.07, 6.45) is 1.73. The number of hydrogen-bond acceptors (Lipinski definition) is 5. The number of amides is 1. The van der Waals surface area contributed by atoms with Gasteiger partial charge in [-0.1, -0.05) is 46.0 Å². The third-order valence-corrected chi connectivity index (χ3v) is 5.63. The summed E-state index contributed by atoms with van der Waals surface area (Å²) in [6.45, 7) is 0.174. The first kappa shape index (κ1) is 16.6. The minimum Gasteiger partial charge on any atom is -0.454 e. The van der Waals surface area contributed by atoms with Crippen LogP contribution in [0.15, 0.2) is 45.8 Å². The lowest BCUT2D eigenvalue weighted by atomic mass is 10.2. The first-order chi connectivity index (χ1) is 12.0. The van der Waals surface area contributed by atoms with Crippen molar-refractivity contribution in [1.82, 2.24) is 0 Å². The average molecular weight is 438 g/mol. The molecule has 4 nitrogen and oxygen atoms in total. The van der Waals surface area contributed by atoms with Gasteiger partial charge in [0.2, 0.25) is 6.79 Å². The van der Waals surface area contributed by atoms with E-state index in [-0.39, 0.29) is 12.7 Å². The fourth-order valence-corrected chi connectivity index (χ4v) is 4.22. The van der Waals surface area contributed by atoms with Gasteiger partial charge in [-0.05, 0) is 42.0 Å². The number of hydrogen-bond donors (Lipinski definition) is 0. The van der Waals surface area contributed by atoms with Crippen LogP contribution in [0.25, 0.3) is 6.08 Å². The largest absolute Gasteiger partial charge is 0.454 e. The Morgan fingerprint density at radius 3 is 2.76 bits per heavy atom. The molecule has 0 bridgehead atoms. The van der Waals surface area contributed by atoms with Crippen molar-refractivity contribution in [3.05, 3.63) is 57.2 Å². The molecule has 0 aromatic heterocycles. The zero-order valence-electron chi connectivity index (χ0n) is 12.5. The Bertz CT molecular complexity index is 947. The third-order valence-electron chi connectivity index (χ3n) is 3.64. The van der Waals surface area contributed by atoms with Crippen molar-refractivity contribution < 1.29 is 18.7 Å². The van der Waals surface area contributed by atoms with Gasteiger partial charge in [-0.3, -0.25) is 9.69 Å². The SMILES string of the molecule is O=C1/C(=C\c2cc3c(cc2Br)OCO3)SC(=S)N1c1cccc(F)c1. The fourth-order valence-electron chi connectivity index (χ4n) is 2.49. The number of thiocarbonyl (C=S) groups is 1. The van der Waals surface area contributed by atoms with Crippen LogP contribution in [0.4, 0.5) is 10.1 Å². The summed E-state index contributed by atoms with van der Waals surface area (Å²) in [5, 5.41) is 0. The van der Waals surface area contributed by atoms with Crippen LogP contribution in [-0.4, -0.2) is 17.0 Å². The topological polar surface area (TPSA) is 38.8 Å². The first-order valence-electron chi connectivity index (χ1n) is 7.15. The van der Waals surface area contributed by atoms with Gasteiger partial charge in [-0.25, -0.2) is 4.39 Å². The zero-order chi connectivity index (χ0) is 17.6. The molecule has 2 heterocycles. The van der Waals surface area contributed by atoms with Crippen LogP contribution >= 0.6 is 39.9 Å². The highest BCUT2D eigenvalue weighted by atomic mass is 79.9. The molecule has 0 radical (unpaired) electrons. The van der Waals surface area contributed by atoms with Gasteiger partial charge in [-0.2, -0.15) is 0 Å². The van der Waals surface area contributed by atoms with E-state index in [2.05, 4.69) is 15.9 Å². The molecule has 0 saturated carbocycles. The molecule has 2 aromatic carbocycles. The maximum absolute atomic E-state index is 13.5. The van der Waals surface area contributed by atoms with E-state index in [1.807, 2.05) is 0 Å². The standard InChI is InChI=1S/C17H9BrFNO3S2/c18-12-7-14-13(22-8-23-14)4-9(12)5-15-16(21)20(17(24)25-15)11-3-1-2-10(19)6-11/h1-7H,8H2/b15-5+. The Morgan fingerprint density at radius 1 is 1.24 bits per heavy atom. The molecule has 0 atom stereocenters. The summed E-state index contributed by atoms with van der Waals surface area (Å²) in [5.41, 5.74) is 1.18. The molecule has 1 saturated heterocycles. The Hall–Kier alpha value is -1.90. The molecule has 25 heavy (non-hydrogen) atoms. The number of anilines is 1. The quantitative estimate of drug-likeness (QED) is 0.501. The molecular formula is C17H9BrFNO3S2. The Kier molecular flexibility index (Phi) is 4.26. The highest BCUT2D eigenvalue weighted by Gasteiger charge is 2.33. The second kappa shape index (κ2) is 6.44. The number of rotatable bonds is 2. The van der Waals surface area contributed by atoms with Crippen LogP contribution in [0.2, 0.25) is 0 Å². The van der Waals surface area contributed by atoms with E-state index < -0.39 is 5.82 Å². The number of benzene rings is 2. The highest BCUT2D eigenvalue weighted by Crippen LogP contribution is 2.40. The molecule has 2 aliphatic rings. The third kappa shape index (κ3) is 3.05. The van der Waals surface area contributed by atoms with E-state index in [4.69, 9.17) is 21.7 Å². The molecule has 8 heteroatoms. The Balaban J connectivity index is 1.69. The van der Waals surface area contributed by atoms with Gasteiger partial charge >= 0.3 is 0 Å². The molecule has 0 aliphatic carbocycles. The zero-order valence-corrected chi connectivity index (χ0v) is 15.7. The van der Waals surface area contributed by atoms with Gasteiger partial charge < -0.3 is 9.47 Å². The van der Waals surface area contributed by atoms with Gasteiger partial charge in [0.15, 0.2) is 15.8 Å². The van der Waals surface area contributed by atoms with Crippen molar-refractivity contribution in [2.24, 2.45) is 0 Å². The number of thioether (sulfide) groups is 1. The van der Waals surface area contributed by atoms with Crippen molar-refractivity contribution in [3.63, 3.8) is 0 Å². The lowest BCUT2D eigenvalue weighted by molar-refractivity contribution is -0.113. The van der Waals surface area contributed by atoms with E-state index in [0.717, 1.165) is 10.0 Å². The van der Waals surface area contributed by atoms with Gasteiger partial charge in [0.1, 0.15) is 5.82 Å². The first-order valence-corrected chi connectivity index (χ1v) is 9.17. The maximum atomic E-state index is 13.5. The van der Waals surface area contributed by atoms with Crippen LogP contribution in [0.5, 0.6) is 11.5 Å². The van der Waals surface area contributed by atoms with E-state index in [1.165, 1.54) is 28.8 Å². The molecule has 4 rings (SSSR count). The molecule has 2 aromatic rings. The van der Waals surface area contributed by atoms with Gasteiger partial charge in [0.05, 0.1) is 10.6 Å². The smallest absolute Gasteiger partial charge is 0.270 e. The summed E-state index contributed by atoms with van der Waals surface area (Å²) >= 11 is 9.93. The molecule has 0 unspecified atom stereocenters. The highest BCUT2D eigenvalue weighted by molar-refractivity contribution is 9.10. The van der Waals surface area contributed by atoms with Crippen molar-refractivity contribution in [2.45, 2.75) is 0 Å². The summed E-state index contributed by atoms with van der Waals surface area (Å²) < 4.78 is 25.3. The minimum atomic E-state index is -0.422. The van der Waals surface area contributed by atoms with Crippen molar-refractivity contribution in [3.8, 4) is 11.5 Å². The van der Waals surface area contributed by atoms with Crippen molar-refractivity contribution in [2.75, 3.05) is 11.7 Å². The van der Waals surface area contributed by atoms with E-state index in [9.17, 15) is 9.18 Å².